The number of amidine groups is 1. The summed E-state index contributed by atoms with van der Waals surface area (Å²) in [6, 6.07) is 20.9. The van der Waals surface area contributed by atoms with Crippen molar-refractivity contribution in [3.63, 3.8) is 0 Å². The molecule has 3 amide bonds. The summed E-state index contributed by atoms with van der Waals surface area (Å²) in [5.41, 5.74) is 0.756. The number of aromatic nitrogens is 1. The van der Waals surface area contributed by atoms with Gasteiger partial charge in [-0.1, -0.05) is 81.1 Å². The van der Waals surface area contributed by atoms with Gasteiger partial charge in [-0.3, -0.25) is 24.1 Å². The van der Waals surface area contributed by atoms with Gasteiger partial charge in [-0.25, -0.2) is 17.8 Å². The molecular formula is C45H49FN6O7S2. The van der Waals surface area contributed by atoms with Crippen LogP contribution in [0.15, 0.2) is 96.5 Å². The number of hydrogen-bond acceptors (Lipinski definition) is 11. The molecule has 0 bridgehead atoms. The number of benzene rings is 3. The van der Waals surface area contributed by atoms with Crippen molar-refractivity contribution in [3.05, 3.63) is 103 Å². The quantitative estimate of drug-likeness (QED) is 0.137. The van der Waals surface area contributed by atoms with Crippen molar-refractivity contribution in [2.24, 2.45) is 16.3 Å². The third-order valence-electron chi connectivity index (χ3n) is 11.7. The number of carbonyl (C=O) groups excluding carboxylic acids is 3. The topological polar surface area (TPSA) is 168 Å². The van der Waals surface area contributed by atoms with Gasteiger partial charge in [0, 0.05) is 41.2 Å². The number of halogens is 1. The van der Waals surface area contributed by atoms with Crippen molar-refractivity contribution >= 4 is 55.6 Å². The Bertz CT molecular complexity index is 2510. The highest BCUT2D eigenvalue weighted by Crippen LogP contribution is 2.46. The number of sulfonamides is 1. The van der Waals surface area contributed by atoms with Gasteiger partial charge in [0.05, 0.1) is 36.2 Å². The Kier molecular flexibility index (Phi) is 11.4. The van der Waals surface area contributed by atoms with Crippen molar-refractivity contribution in [3.8, 4) is 22.8 Å². The van der Waals surface area contributed by atoms with Gasteiger partial charge in [0.25, 0.3) is 5.91 Å². The Morgan fingerprint density at radius 3 is 2.44 bits per heavy atom. The Hall–Kier alpha value is -5.48. The van der Waals surface area contributed by atoms with Crippen molar-refractivity contribution in [2.75, 3.05) is 19.4 Å². The van der Waals surface area contributed by atoms with Crippen molar-refractivity contribution in [2.45, 2.75) is 81.5 Å². The van der Waals surface area contributed by atoms with Crippen LogP contribution in [-0.2, 0) is 24.4 Å². The number of likely N-dealkylation sites (tertiary alicyclic amines) is 1. The van der Waals surface area contributed by atoms with E-state index in [2.05, 4.69) is 21.9 Å². The second-order valence-corrected chi connectivity index (χ2v) is 20.1. The van der Waals surface area contributed by atoms with E-state index >= 15 is 4.79 Å². The predicted octanol–water partition coefficient (Wildman–Crippen LogP) is 5.92. The highest BCUT2D eigenvalue weighted by Gasteiger charge is 2.62. The van der Waals surface area contributed by atoms with E-state index in [-0.39, 0.29) is 37.2 Å². The number of amides is 3. The number of fused-ring (bicyclic) bond motifs is 1. The van der Waals surface area contributed by atoms with E-state index in [0.29, 0.717) is 51.9 Å². The molecule has 2 aliphatic heterocycles. The monoisotopic (exact) mass is 868 g/mol. The first-order valence-electron chi connectivity index (χ1n) is 20.3. The van der Waals surface area contributed by atoms with Crippen molar-refractivity contribution in [1.82, 2.24) is 25.2 Å². The van der Waals surface area contributed by atoms with Crippen LogP contribution in [0.1, 0.15) is 58.1 Å². The Balaban J connectivity index is 1.11. The number of nitrogens with one attached hydrogen (secondary N) is 3. The van der Waals surface area contributed by atoms with Gasteiger partial charge in [-0.05, 0) is 54.5 Å². The number of hydrogen-bond donors (Lipinski definition) is 3. The second-order valence-electron chi connectivity index (χ2n) is 17.2. The van der Waals surface area contributed by atoms with Crippen LogP contribution in [0.3, 0.4) is 0 Å². The molecule has 61 heavy (non-hydrogen) atoms. The molecule has 320 valence electrons. The van der Waals surface area contributed by atoms with Crippen molar-refractivity contribution < 1.29 is 36.7 Å². The first-order valence-corrected chi connectivity index (χ1v) is 22.9. The van der Waals surface area contributed by atoms with Gasteiger partial charge >= 0.3 is 0 Å². The van der Waals surface area contributed by atoms with E-state index in [1.807, 2.05) is 75.4 Å². The van der Waals surface area contributed by atoms with Crippen LogP contribution in [0.2, 0.25) is 0 Å². The first kappa shape index (κ1) is 42.2. The third-order valence-corrected chi connectivity index (χ3v) is 14.5. The summed E-state index contributed by atoms with van der Waals surface area (Å²) in [7, 11) is -2.33. The van der Waals surface area contributed by atoms with Gasteiger partial charge in [-0.15, -0.1) is 6.58 Å². The van der Waals surface area contributed by atoms with Crippen LogP contribution in [0.4, 0.5) is 4.39 Å². The molecule has 3 fully saturated rings. The zero-order valence-electron chi connectivity index (χ0n) is 34.4. The summed E-state index contributed by atoms with van der Waals surface area (Å²) in [5, 5.41) is 6.85. The molecule has 1 aromatic heterocycles. The normalized spacial score (nSPS) is 24.1. The lowest BCUT2D eigenvalue weighted by Gasteiger charge is -2.36. The van der Waals surface area contributed by atoms with E-state index in [4.69, 9.17) is 19.5 Å². The maximum Gasteiger partial charge on any atom is 0.259 e. The van der Waals surface area contributed by atoms with Crippen LogP contribution >= 0.6 is 11.8 Å². The van der Waals surface area contributed by atoms with Crippen molar-refractivity contribution in [1.29, 1.82) is 0 Å². The second kappa shape index (κ2) is 16.4. The minimum absolute atomic E-state index is 0.0176. The minimum Gasteiger partial charge on any atom is -0.497 e. The summed E-state index contributed by atoms with van der Waals surface area (Å²) in [6.07, 6.45) is 1.98. The summed E-state index contributed by atoms with van der Waals surface area (Å²) in [4.78, 5) is 54.6. The lowest BCUT2D eigenvalue weighted by molar-refractivity contribution is -0.142. The summed E-state index contributed by atoms with van der Waals surface area (Å²) >= 11 is 1.45. The Labute approximate surface area is 359 Å². The molecule has 0 radical (unpaired) electrons. The Morgan fingerprint density at radius 1 is 1.05 bits per heavy atom. The predicted molar refractivity (Wildman–Crippen MR) is 233 cm³/mol. The van der Waals surface area contributed by atoms with E-state index < -0.39 is 62.1 Å². The van der Waals surface area contributed by atoms with Crippen LogP contribution < -0.4 is 24.8 Å². The summed E-state index contributed by atoms with van der Waals surface area (Å²) in [5.74, 6) is -0.987. The maximum absolute atomic E-state index is 15.0. The fourth-order valence-corrected chi connectivity index (χ4v) is 10.3. The minimum atomic E-state index is -3.91. The lowest BCUT2D eigenvalue weighted by atomic mass is 9.85. The molecule has 4 aliphatic rings. The number of ether oxygens (including phenoxy) is 2. The number of carbonyl (C=O) groups is 3. The van der Waals surface area contributed by atoms with Gasteiger partial charge in [0.1, 0.15) is 41.0 Å². The third kappa shape index (κ3) is 8.83. The molecule has 3 aromatic carbocycles. The molecule has 0 spiro atoms. The number of nitrogens with zero attached hydrogens (tertiary/aromatic N) is 3. The van der Waals surface area contributed by atoms with Crippen LogP contribution in [-0.4, -0.2) is 89.6 Å². The molecule has 13 nitrogen and oxygen atoms in total. The van der Waals surface area contributed by atoms with Gasteiger partial charge < -0.3 is 25.0 Å². The number of methoxy groups -OCH3 is 1. The Morgan fingerprint density at radius 2 is 1.79 bits per heavy atom. The summed E-state index contributed by atoms with van der Waals surface area (Å²) < 4.78 is 53.9. The van der Waals surface area contributed by atoms with E-state index in [1.165, 1.54) is 34.9 Å². The first-order chi connectivity index (χ1) is 29.1. The number of rotatable bonds is 13. The average molecular weight is 869 g/mol. The van der Waals surface area contributed by atoms with Gasteiger partial charge in [-0.2, -0.15) is 0 Å². The van der Waals surface area contributed by atoms with Crippen LogP contribution in [0.5, 0.6) is 11.5 Å². The van der Waals surface area contributed by atoms with Gasteiger partial charge in [0.2, 0.25) is 21.8 Å². The molecule has 2 saturated carbocycles. The smallest absolute Gasteiger partial charge is 0.259 e. The fourth-order valence-electron chi connectivity index (χ4n) is 7.98. The maximum atomic E-state index is 15.0. The van der Waals surface area contributed by atoms with E-state index in [9.17, 15) is 22.4 Å². The molecule has 16 heteroatoms. The van der Waals surface area contributed by atoms with E-state index in [1.54, 1.807) is 19.2 Å². The highest BCUT2D eigenvalue weighted by molar-refractivity contribution is 8.14. The molecule has 8 rings (SSSR count). The largest absolute Gasteiger partial charge is 0.497 e. The standard InChI is InChI=1S/C45H49FN6O7S2/c1-6-28-23-45(28,42(55)51-61(56,57)32-17-18-32)50-40(53)37-21-31(59-38-22-34(26-10-8-7-9-11-26)47-35-20-30(58-5)16-19-33(35)38)24-52(37)41(54)39(44(2,3)4)49-43-48-36(25-60-43)27-12-14-29(46)15-13-27/h6-16,19-20,22,28,31-32,36-37,39H,1,17-18,21,23-25H2,2-5H3,(H,48,49)(H,50,53)(H,51,55)/t28-,31-,36?,37+,39-,45-/m1/s1. The summed E-state index contributed by atoms with van der Waals surface area (Å²) in [6.45, 7) is 9.60. The number of pyridine rings is 1. The molecule has 6 atom stereocenters. The lowest BCUT2D eigenvalue weighted by Crippen LogP contribution is -2.60. The van der Waals surface area contributed by atoms with Gasteiger partial charge in [0.15, 0.2) is 5.17 Å². The SMILES string of the molecule is C=C[C@@H]1C[C@]1(NC(=O)[C@@H]1C[C@@H](Oc2cc(-c3ccccc3)nc3cc(OC)ccc23)CN1C(=O)[C@@H](NC1=NC(c2ccc(F)cc2)CS1)C(C)(C)C)C(=O)NS(=O)(=O)C1CC1. The molecule has 3 N–H and O–H groups in total. The van der Waals surface area contributed by atoms with E-state index in [0.717, 1.165) is 11.1 Å². The average Bonchev–Trinajstić information content (AvgIpc) is 4.13. The van der Waals surface area contributed by atoms with Crippen LogP contribution in [0.25, 0.3) is 22.2 Å². The highest BCUT2D eigenvalue weighted by atomic mass is 32.2. The molecule has 2 aliphatic carbocycles. The molecule has 3 heterocycles. The number of aliphatic imine (C=N–C) groups is 1. The fraction of sp³-hybridized carbons (Fsp3) is 0.400. The zero-order chi connectivity index (χ0) is 43.3. The molecule has 1 saturated heterocycles. The molecule has 4 aromatic rings. The zero-order valence-corrected chi connectivity index (χ0v) is 36.0. The molecular weight excluding hydrogens is 820 g/mol. The number of thioether (sulfide) groups is 1. The molecule has 1 unspecified atom stereocenters. The van der Waals surface area contributed by atoms with Crippen LogP contribution in [0, 0.1) is 17.2 Å².